The van der Waals surface area contributed by atoms with Gasteiger partial charge in [0.05, 0.1) is 13.0 Å². The Morgan fingerprint density at radius 2 is 1.96 bits per heavy atom. The third-order valence-electron chi connectivity index (χ3n) is 4.95. The number of carboxylic acids is 1. The van der Waals surface area contributed by atoms with Crippen LogP contribution in [0.15, 0.2) is 42.5 Å². The van der Waals surface area contributed by atoms with Gasteiger partial charge in [0.1, 0.15) is 5.75 Å². The van der Waals surface area contributed by atoms with Crippen LogP contribution >= 0.6 is 0 Å². The number of aliphatic carboxylic acids is 1. The molecule has 2 aliphatic rings. The molecule has 0 saturated carbocycles. The lowest BCUT2D eigenvalue weighted by molar-refractivity contribution is -0.151. The standard InChI is InChI=1S/C20H19NO4/c22-18(12-13-5-6-17-15(11-13)8-10-25-17)21-9-7-14-3-1-2-4-16(14)19(21)20(23)24/h1-6,11,19H,7-10,12H2,(H,23,24). The van der Waals surface area contributed by atoms with Gasteiger partial charge in [-0.25, -0.2) is 4.79 Å². The molecule has 0 aliphatic carbocycles. The van der Waals surface area contributed by atoms with Crippen molar-refractivity contribution in [2.75, 3.05) is 13.2 Å². The number of hydrogen-bond acceptors (Lipinski definition) is 3. The number of rotatable bonds is 3. The number of carbonyl (C=O) groups excluding carboxylic acids is 1. The van der Waals surface area contributed by atoms with E-state index in [1.54, 1.807) is 6.07 Å². The molecule has 1 amide bonds. The Morgan fingerprint density at radius 1 is 1.12 bits per heavy atom. The summed E-state index contributed by atoms with van der Waals surface area (Å²) in [7, 11) is 0. The van der Waals surface area contributed by atoms with Crippen molar-refractivity contribution in [3.05, 3.63) is 64.7 Å². The first-order chi connectivity index (χ1) is 12.1. The minimum atomic E-state index is -0.983. The highest BCUT2D eigenvalue weighted by Crippen LogP contribution is 2.31. The van der Waals surface area contributed by atoms with E-state index in [2.05, 4.69) is 0 Å². The Bertz CT molecular complexity index is 845. The van der Waals surface area contributed by atoms with Gasteiger partial charge in [-0.15, -0.1) is 0 Å². The van der Waals surface area contributed by atoms with Crippen molar-refractivity contribution < 1.29 is 19.4 Å². The number of amides is 1. The van der Waals surface area contributed by atoms with E-state index in [4.69, 9.17) is 4.74 Å². The van der Waals surface area contributed by atoms with Crippen molar-refractivity contribution >= 4 is 11.9 Å². The molecule has 1 atom stereocenters. The molecule has 2 aromatic carbocycles. The zero-order valence-electron chi connectivity index (χ0n) is 13.8. The molecule has 0 radical (unpaired) electrons. The van der Waals surface area contributed by atoms with E-state index in [1.165, 1.54) is 4.90 Å². The van der Waals surface area contributed by atoms with E-state index in [0.717, 1.165) is 34.4 Å². The summed E-state index contributed by atoms with van der Waals surface area (Å²) in [6.45, 7) is 1.11. The Balaban J connectivity index is 1.58. The largest absolute Gasteiger partial charge is 0.493 e. The molecule has 128 valence electrons. The van der Waals surface area contributed by atoms with Crippen LogP contribution in [-0.4, -0.2) is 35.0 Å². The predicted octanol–water partition coefficient (Wildman–Crippen LogP) is 2.37. The van der Waals surface area contributed by atoms with Crippen LogP contribution in [-0.2, 0) is 28.9 Å². The molecule has 0 bridgehead atoms. The Labute approximate surface area is 145 Å². The fraction of sp³-hybridized carbons (Fsp3) is 0.300. The smallest absolute Gasteiger partial charge is 0.331 e. The molecule has 1 unspecified atom stereocenters. The van der Waals surface area contributed by atoms with Crippen molar-refractivity contribution in [3.8, 4) is 5.75 Å². The van der Waals surface area contributed by atoms with Crippen LogP contribution in [0.5, 0.6) is 5.75 Å². The summed E-state index contributed by atoms with van der Waals surface area (Å²) in [5, 5.41) is 9.69. The first-order valence-corrected chi connectivity index (χ1v) is 8.48. The zero-order chi connectivity index (χ0) is 17.4. The van der Waals surface area contributed by atoms with Gasteiger partial charge in [0.15, 0.2) is 6.04 Å². The number of hydrogen-bond donors (Lipinski definition) is 1. The number of nitrogens with zero attached hydrogens (tertiary/aromatic N) is 1. The molecule has 4 rings (SSSR count). The van der Waals surface area contributed by atoms with Crippen LogP contribution < -0.4 is 4.74 Å². The van der Waals surface area contributed by atoms with Crippen LogP contribution in [0.2, 0.25) is 0 Å². The van der Waals surface area contributed by atoms with Gasteiger partial charge in [0, 0.05) is 13.0 Å². The maximum atomic E-state index is 12.8. The molecule has 2 aromatic rings. The number of ether oxygens (including phenoxy) is 1. The second-order valence-electron chi connectivity index (χ2n) is 6.49. The number of carbonyl (C=O) groups is 2. The second kappa shape index (κ2) is 6.24. The number of benzene rings is 2. The quantitative estimate of drug-likeness (QED) is 0.934. The molecular weight excluding hydrogens is 318 g/mol. The van der Waals surface area contributed by atoms with Gasteiger partial charge in [0.25, 0.3) is 0 Å². The molecular formula is C20H19NO4. The molecule has 25 heavy (non-hydrogen) atoms. The number of carboxylic acid groups (broad SMARTS) is 1. The molecule has 1 N–H and O–H groups in total. The minimum Gasteiger partial charge on any atom is -0.493 e. The van der Waals surface area contributed by atoms with Gasteiger partial charge < -0.3 is 14.7 Å². The summed E-state index contributed by atoms with van der Waals surface area (Å²) in [4.78, 5) is 26.1. The van der Waals surface area contributed by atoms with E-state index < -0.39 is 12.0 Å². The fourth-order valence-electron chi connectivity index (χ4n) is 3.73. The molecule has 0 saturated heterocycles. The van der Waals surface area contributed by atoms with Crippen LogP contribution in [0, 0.1) is 0 Å². The summed E-state index contributed by atoms with van der Waals surface area (Å²) in [5.74, 6) is -0.255. The monoisotopic (exact) mass is 337 g/mol. The Hall–Kier alpha value is -2.82. The molecule has 0 fully saturated rings. The molecule has 0 spiro atoms. The van der Waals surface area contributed by atoms with E-state index >= 15 is 0 Å². The van der Waals surface area contributed by atoms with Crippen LogP contribution in [0.4, 0.5) is 0 Å². The fourth-order valence-corrected chi connectivity index (χ4v) is 3.73. The van der Waals surface area contributed by atoms with E-state index in [-0.39, 0.29) is 12.3 Å². The predicted molar refractivity (Wildman–Crippen MR) is 91.6 cm³/mol. The van der Waals surface area contributed by atoms with E-state index in [9.17, 15) is 14.7 Å². The summed E-state index contributed by atoms with van der Waals surface area (Å²) >= 11 is 0. The van der Waals surface area contributed by atoms with Gasteiger partial charge in [-0.2, -0.15) is 0 Å². The van der Waals surface area contributed by atoms with Gasteiger partial charge >= 0.3 is 5.97 Å². The summed E-state index contributed by atoms with van der Waals surface area (Å²) < 4.78 is 5.49. The van der Waals surface area contributed by atoms with E-state index in [0.29, 0.717) is 19.6 Å². The lowest BCUT2D eigenvalue weighted by Crippen LogP contribution is -2.44. The van der Waals surface area contributed by atoms with Crippen molar-refractivity contribution in [1.82, 2.24) is 4.90 Å². The molecule has 0 aromatic heterocycles. The molecule has 2 heterocycles. The van der Waals surface area contributed by atoms with Crippen LogP contribution in [0.25, 0.3) is 0 Å². The molecule has 5 heteroatoms. The highest BCUT2D eigenvalue weighted by atomic mass is 16.5. The van der Waals surface area contributed by atoms with Crippen LogP contribution in [0.3, 0.4) is 0 Å². The zero-order valence-corrected chi connectivity index (χ0v) is 13.8. The third kappa shape index (κ3) is 2.86. The maximum Gasteiger partial charge on any atom is 0.331 e. The summed E-state index contributed by atoms with van der Waals surface area (Å²) in [6.07, 6.45) is 1.75. The summed E-state index contributed by atoms with van der Waals surface area (Å²) in [6, 6.07) is 12.3. The lowest BCUT2D eigenvalue weighted by atomic mass is 9.92. The van der Waals surface area contributed by atoms with Crippen molar-refractivity contribution in [1.29, 1.82) is 0 Å². The second-order valence-corrected chi connectivity index (χ2v) is 6.49. The van der Waals surface area contributed by atoms with Crippen molar-refractivity contribution in [2.45, 2.75) is 25.3 Å². The average molecular weight is 337 g/mol. The highest BCUT2D eigenvalue weighted by Gasteiger charge is 2.35. The maximum absolute atomic E-state index is 12.8. The van der Waals surface area contributed by atoms with Gasteiger partial charge in [-0.3, -0.25) is 4.79 Å². The Kier molecular flexibility index (Phi) is 3.92. The van der Waals surface area contributed by atoms with Crippen molar-refractivity contribution in [3.63, 3.8) is 0 Å². The highest BCUT2D eigenvalue weighted by molar-refractivity contribution is 5.86. The van der Waals surface area contributed by atoms with Gasteiger partial charge in [0.2, 0.25) is 5.91 Å². The van der Waals surface area contributed by atoms with E-state index in [1.807, 2.05) is 36.4 Å². The first-order valence-electron chi connectivity index (χ1n) is 8.48. The average Bonchev–Trinajstić information content (AvgIpc) is 3.08. The molecule has 2 aliphatic heterocycles. The number of fused-ring (bicyclic) bond motifs is 2. The Morgan fingerprint density at radius 3 is 2.80 bits per heavy atom. The van der Waals surface area contributed by atoms with Gasteiger partial charge in [-0.05, 0) is 34.7 Å². The first kappa shape index (κ1) is 15.7. The van der Waals surface area contributed by atoms with Crippen LogP contribution in [0.1, 0.15) is 28.3 Å². The SMILES string of the molecule is O=C(O)C1c2ccccc2CCN1C(=O)Cc1ccc2c(c1)CCO2. The minimum absolute atomic E-state index is 0.152. The van der Waals surface area contributed by atoms with Gasteiger partial charge in [-0.1, -0.05) is 36.4 Å². The topological polar surface area (TPSA) is 66.8 Å². The van der Waals surface area contributed by atoms with Crippen molar-refractivity contribution in [2.24, 2.45) is 0 Å². The summed E-state index contributed by atoms with van der Waals surface area (Å²) in [5.41, 5.74) is 3.74. The third-order valence-corrected chi connectivity index (χ3v) is 4.95. The lowest BCUT2D eigenvalue weighted by Gasteiger charge is -2.35. The normalized spacial score (nSPS) is 18.2. The molecule has 5 nitrogen and oxygen atoms in total.